The Morgan fingerprint density at radius 1 is 1.21 bits per heavy atom. The molecule has 0 radical (unpaired) electrons. The predicted molar refractivity (Wildman–Crippen MR) is 98.5 cm³/mol. The van der Waals surface area contributed by atoms with Gasteiger partial charge in [-0.05, 0) is 72.5 Å². The van der Waals surface area contributed by atoms with Crippen LogP contribution in [0.25, 0.3) is 0 Å². The normalized spacial score (nSPS) is 25.1. The highest BCUT2D eigenvalue weighted by Gasteiger charge is 2.31. The van der Waals surface area contributed by atoms with E-state index in [2.05, 4.69) is 20.7 Å². The molecule has 1 N–H and O–H groups in total. The summed E-state index contributed by atoms with van der Waals surface area (Å²) < 4.78 is 28.4. The Hall–Kier alpha value is -0.440. The summed E-state index contributed by atoms with van der Waals surface area (Å²) in [4.78, 5) is 14.4. The Balaban J connectivity index is 1.46. The van der Waals surface area contributed by atoms with Gasteiger partial charge in [0.05, 0.1) is 3.79 Å². The summed E-state index contributed by atoms with van der Waals surface area (Å²) in [6.45, 7) is 2.28. The number of sulfonamides is 1. The maximum absolute atomic E-state index is 12.4. The maximum Gasteiger partial charge on any atom is 0.250 e. The van der Waals surface area contributed by atoms with E-state index in [1.165, 1.54) is 11.3 Å². The van der Waals surface area contributed by atoms with E-state index in [1.807, 2.05) is 4.90 Å². The molecule has 2 heterocycles. The van der Waals surface area contributed by atoms with Gasteiger partial charge < -0.3 is 4.90 Å². The highest BCUT2D eigenvalue weighted by molar-refractivity contribution is 9.11. The van der Waals surface area contributed by atoms with E-state index < -0.39 is 10.0 Å². The van der Waals surface area contributed by atoms with Crippen LogP contribution < -0.4 is 4.72 Å². The number of halogens is 1. The second-order valence-electron chi connectivity index (χ2n) is 6.66. The van der Waals surface area contributed by atoms with Gasteiger partial charge in [0.1, 0.15) is 4.21 Å². The van der Waals surface area contributed by atoms with Crippen molar-refractivity contribution in [2.24, 2.45) is 11.8 Å². The van der Waals surface area contributed by atoms with Gasteiger partial charge in [0, 0.05) is 25.6 Å². The first-order chi connectivity index (χ1) is 11.5. The van der Waals surface area contributed by atoms with E-state index in [-0.39, 0.29) is 5.92 Å². The highest BCUT2D eigenvalue weighted by atomic mass is 79.9. The van der Waals surface area contributed by atoms with E-state index in [0.717, 1.165) is 55.4 Å². The third-order valence-corrected chi connectivity index (χ3v) is 8.53. The van der Waals surface area contributed by atoms with Crippen LogP contribution in [0.4, 0.5) is 0 Å². The smallest absolute Gasteiger partial charge is 0.250 e. The van der Waals surface area contributed by atoms with Crippen molar-refractivity contribution in [3.05, 3.63) is 15.9 Å². The fraction of sp³-hybridized carbons (Fsp3) is 0.688. The van der Waals surface area contributed by atoms with Crippen molar-refractivity contribution in [3.63, 3.8) is 0 Å². The number of carbonyl (C=O) groups is 1. The summed E-state index contributed by atoms with van der Waals surface area (Å²) in [5.41, 5.74) is 0. The largest absolute Gasteiger partial charge is 0.342 e. The Morgan fingerprint density at radius 2 is 1.88 bits per heavy atom. The summed E-state index contributed by atoms with van der Waals surface area (Å²) in [5.74, 6) is 0.782. The SMILES string of the molecule is O=C(C1CCC(CNS(=O)(=O)c2ccc(Br)s2)CC1)N1CCCC1. The maximum atomic E-state index is 12.4. The summed E-state index contributed by atoms with van der Waals surface area (Å²) in [6, 6.07) is 3.36. The van der Waals surface area contributed by atoms with Crippen molar-refractivity contribution in [2.75, 3.05) is 19.6 Å². The number of hydrogen-bond donors (Lipinski definition) is 1. The molecule has 24 heavy (non-hydrogen) atoms. The lowest BCUT2D eigenvalue weighted by molar-refractivity contribution is -0.135. The van der Waals surface area contributed by atoms with Gasteiger partial charge >= 0.3 is 0 Å². The second kappa shape index (κ2) is 7.85. The minimum absolute atomic E-state index is 0.143. The fourth-order valence-electron chi connectivity index (χ4n) is 3.55. The number of thiophene rings is 1. The molecule has 1 saturated heterocycles. The molecule has 1 saturated carbocycles. The first-order valence-electron chi connectivity index (χ1n) is 8.49. The van der Waals surface area contributed by atoms with Gasteiger partial charge in [0.25, 0.3) is 0 Å². The van der Waals surface area contributed by atoms with Crippen LogP contribution in [-0.4, -0.2) is 38.9 Å². The zero-order valence-corrected chi connectivity index (χ0v) is 16.8. The summed E-state index contributed by atoms with van der Waals surface area (Å²) in [7, 11) is -3.42. The van der Waals surface area contributed by atoms with Crippen molar-refractivity contribution >= 4 is 43.2 Å². The average molecular weight is 435 g/mol. The molecule has 0 aromatic carbocycles. The zero-order valence-electron chi connectivity index (χ0n) is 13.5. The van der Waals surface area contributed by atoms with Gasteiger partial charge in [-0.1, -0.05) is 0 Å². The fourth-order valence-corrected chi connectivity index (χ4v) is 6.72. The molecule has 5 nitrogen and oxygen atoms in total. The number of rotatable bonds is 5. The molecule has 8 heteroatoms. The van der Waals surface area contributed by atoms with Crippen molar-refractivity contribution < 1.29 is 13.2 Å². The quantitative estimate of drug-likeness (QED) is 0.773. The van der Waals surface area contributed by atoms with Gasteiger partial charge in [-0.2, -0.15) is 0 Å². The van der Waals surface area contributed by atoms with Gasteiger partial charge in [-0.25, -0.2) is 13.1 Å². The van der Waals surface area contributed by atoms with Crippen LogP contribution in [0.2, 0.25) is 0 Å². The first kappa shape index (κ1) is 18.4. The Bertz CT molecular complexity index is 675. The molecule has 1 aliphatic heterocycles. The number of amides is 1. The molecule has 3 rings (SSSR count). The van der Waals surface area contributed by atoms with Gasteiger partial charge in [-0.3, -0.25) is 4.79 Å². The van der Waals surface area contributed by atoms with Crippen molar-refractivity contribution in [1.82, 2.24) is 9.62 Å². The van der Waals surface area contributed by atoms with Crippen molar-refractivity contribution in [3.8, 4) is 0 Å². The van der Waals surface area contributed by atoms with Gasteiger partial charge in [0.2, 0.25) is 15.9 Å². The average Bonchev–Trinajstić information content (AvgIpc) is 3.24. The molecule has 134 valence electrons. The Morgan fingerprint density at radius 3 is 2.46 bits per heavy atom. The predicted octanol–water partition coefficient (Wildman–Crippen LogP) is 3.22. The van der Waals surface area contributed by atoms with E-state index in [1.54, 1.807) is 12.1 Å². The standard InChI is InChI=1S/C16H23BrN2O3S2/c17-14-7-8-15(23-14)24(21,22)18-11-12-3-5-13(6-4-12)16(20)19-9-1-2-10-19/h7-8,12-13,18H,1-6,9-11H2. The lowest BCUT2D eigenvalue weighted by Crippen LogP contribution is -2.37. The van der Waals surface area contributed by atoms with Crippen LogP contribution in [0.1, 0.15) is 38.5 Å². The van der Waals surface area contributed by atoms with E-state index in [4.69, 9.17) is 0 Å². The van der Waals surface area contributed by atoms with Crippen LogP contribution in [0.5, 0.6) is 0 Å². The summed E-state index contributed by atoms with van der Waals surface area (Å²) in [5, 5.41) is 0. The molecule has 1 amide bonds. The summed E-state index contributed by atoms with van der Waals surface area (Å²) >= 11 is 4.51. The van der Waals surface area contributed by atoms with Crippen LogP contribution in [0, 0.1) is 11.8 Å². The topological polar surface area (TPSA) is 66.5 Å². The minimum atomic E-state index is -3.42. The molecule has 0 atom stereocenters. The van der Waals surface area contributed by atoms with Crippen LogP contribution >= 0.6 is 27.3 Å². The zero-order chi connectivity index (χ0) is 17.2. The minimum Gasteiger partial charge on any atom is -0.342 e. The summed E-state index contributed by atoms with van der Waals surface area (Å²) in [6.07, 6.45) is 5.85. The number of nitrogens with zero attached hydrogens (tertiary/aromatic N) is 1. The molecule has 1 aromatic rings. The van der Waals surface area contributed by atoms with Crippen LogP contribution in [-0.2, 0) is 14.8 Å². The van der Waals surface area contributed by atoms with Crippen molar-refractivity contribution in [1.29, 1.82) is 0 Å². The number of hydrogen-bond acceptors (Lipinski definition) is 4. The third-order valence-electron chi connectivity index (χ3n) is 4.99. The molecular formula is C16H23BrN2O3S2. The molecule has 2 aliphatic rings. The van der Waals surface area contributed by atoms with Crippen LogP contribution in [0.15, 0.2) is 20.1 Å². The van der Waals surface area contributed by atoms with E-state index >= 15 is 0 Å². The van der Waals surface area contributed by atoms with E-state index in [9.17, 15) is 13.2 Å². The van der Waals surface area contributed by atoms with Crippen molar-refractivity contribution in [2.45, 2.75) is 42.7 Å². The Kier molecular flexibility index (Phi) is 6.00. The Labute approximate surface area is 156 Å². The number of likely N-dealkylation sites (tertiary alicyclic amines) is 1. The lowest BCUT2D eigenvalue weighted by Gasteiger charge is -2.30. The van der Waals surface area contributed by atoms with Crippen LogP contribution in [0.3, 0.4) is 0 Å². The third kappa shape index (κ3) is 4.39. The van der Waals surface area contributed by atoms with Gasteiger partial charge in [-0.15, -0.1) is 11.3 Å². The van der Waals surface area contributed by atoms with E-state index in [0.29, 0.717) is 22.6 Å². The molecule has 0 bridgehead atoms. The molecular weight excluding hydrogens is 412 g/mol. The highest BCUT2D eigenvalue weighted by Crippen LogP contribution is 2.31. The number of nitrogens with one attached hydrogen (secondary N) is 1. The first-order valence-corrected chi connectivity index (χ1v) is 11.6. The number of carbonyl (C=O) groups excluding carboxylic acids is 1. The molecule has 1 aromatic heterocycles. The molecule has 0 spiro atoms. The molecule has 2 fully saturated rings. The molecule has 1 aliphatic carbocycles. The molecule has 0 unspecified atom stereocenters. The second-order valence-corrected chi connectivity index (χ2v) is 11.1. The van der Waals surface area contributed by atoms with Gasteiger partial charge in [0.15, 0.2) is 0 Å². The lowest BCUT2D eigenvalue weighted by atomic mass is 9.81. The monoisotopic (exact) mass is 434 g/mol.